The average Bonchev–Trinajstić information content (AvgIpc) is 3.55. The van der Waals surface area contributed by atoms with Crippen LogP contribution in [0.5, 0.6) is 23.0 Å². The minimum absolute atomic E-state index is 0.0715. The molecule has 9 atom stereocenters. The molecule has 208 valence electrons. The monoisotopic (exact) mass is 536 g/mol. The number of aliphatic hydroxyl groups excluding tert-OH is 3. The van der Waals surface area contributed by atoms with Crippen LogP contribution in [-0.2, 0) is 14.2 Å². The smallest absolute Gasteiger partial charge is 0.229 e. The van der Waals surface area contributed by atoms with Gasteiger partial charge in [-0.15, -0.1) is 0 Å². The molecule has 5 rings (SSSR count). The first-order valence-electron chi connectivity index (χ1n) is 13.3. The van der Waals surface area contributed by atoms with Gasteiger partial charge in [0.1, 0.15) is 24.4 Å². The van der Waals surface area contributed by atoms with Crippen LogP contribution in [0.4, 0.5) is 0 Å². The second-order valence-corrected chi connectivity index (χ2v) is 9.50. The molecule has 0 bridgehead atoms. The van der Waals surface area contributed by atoms with Crippen LogP contribution in [0.2, 0.25) is 0 Å². The Kier molecular flexibility index (Phi) is 7.21. The van der Waals surface area contributed by atoms with E-state index in [1.54, 1.807) is 32.4 Å². The molecule has 38 heavy (non-hydrogen) atoms. The zero-order valence-electron chi connectivity index (χ0n) is 23.2. The van der Waals surface area contributed by atoms with E-state index in [9.17, 15) is 20.4 Å². The minimum atomic E-state index is -3.00. The van der Waals surface area contributed by atoms with Gasteiger partial charge in [0.15, 0.2) is 23.0 Å². The van der Waals surface area contributed by atoms with Crippen molar-refractivity contribution in [3.8, 4) is 23.0 Å². The van der Waals surface area contributed by atoms with Crippen molar-refractivity contribution in [2.24, 2.45) is 11.8 Å². The number of hydrogen-bond acceptors (Lipinski definition) is 11. The highest BCUT2D eigenvalue weighted by atomic mass is 16.7. The van der Waals surface area contributed by atoms with Gasteiger partial charge in [-0.25, -0.2) is 0 Å². The number of ether oxygens (including phenoxy) is 7. The van der Waals surface area contributed by atoms with Crippen molar-refractivity contribution >= 4 is 0 Å². The van der Waals surface area contributed by atoms with Crippen LogP contribution in [0.1, 0.15) is 26.1 Å². The highest BCUT2D eigenvalue weighted by Crippen LogP contribution is 2.51. The maximum atomic E-state index is 10.4. The van der Waals surface area contributed by atoms with Gasteiger partial charge in [-0.05, 0) is 35.4 Å². The first kappa shape index (κ1) is 24.4. The second kappa shape index (κ2) is 11.2. The molecule has 3 aliphatic heterocycles. The molecule has 0 radical (unpaired) electrons. The molecule has 3 saturated heterocycles. The van der Waals surface area contributed by atoms with Gasteiger partial charge in [0, 0.05) is 11.8 Å². The normalized spacial score (nSPS) is 35.7. The fourth-order valence-electron chi connectivity index (χ4n) is 5.40. The van der Waals surface area contributed by atoms with Crippen LogP contribution in [-0.4, -0.2) is 92.2 Å². The van der Waals surface area contributed by atoms with Crippen LogP contribution < -0.4 is 18.9 Å². The van der Waals surface area contributed by atoms with E-state index in [2.05, 4.69) is 0 Å². The van der Waals surface area contributed by atoms with Crippen molar-refractivity contribution in [3.05, 3.63) is 47.5 Å². The predicted molar refractivity (Wildman–Crippen MR) is 131 cm³/mol. The fraction of sp³-hybridized carbons (Fsp3) is 0.556. The topological polar surface area (TPSA) is 146 Å². The van der Waals surface area contributed by atoms with E-state index in [0.29, 0.717) is 24.7 Å². The molecule has 0 saturated carbocycles. The van der Waals surface area contributed by atoms with Crippen molar-refractivity contribution in [1.29, 1.82) is 0 Å². The summed E-state index contributed by atoms with van der Waals surface area (Å²) in [6.07, 6.45) is -9.32. The van der Waals surface area contributed by atoms with Crippen LogP contribution in [0.25, 0.3) is 0 Å². The Morgan fingerprint density at radius 3 is 1.82 bits per heavy atom. The van der Waals surface area contributed by atoms with Crippen LogP contribution in [0.15, 0.2) is 36.4 Å². The molecule has 4 N–H and O–H groups in total. The Morgan fingerprint density at radius 2 is 1.29 bits per heavy atom. The molecule has 4 unspecified atom stereocenters. The van der Waals surface area contributed by atoms with E-state index in [1.807, 2.05) is 18.2 Å². The van der Waals surface area contributed by atoms with Crippen LogP contribution in [0.3, 0.4) is 0 Å². The van der Waals surface area contributed by atoms with Gasteiger partial charge >= 0.3 is 0 Å². The maximum absolute atomic E-state index is 10.4. The van der Waals surface area contributed by atoms with E-state index in [1.165, 1.54) is 7.11 Å². The third-order valence-electron chi connectivity index (χ3n) is 7.46. The molecule has 2 aromatic carbocycles. The summed E-state index contributed by atoms with van der Waals surface area (Å²) >= 11 is 0. The van der Waals surface area contributed by atoms with E-state index < -0.39 is 37.3 Å². The van der Waals surface area contributed by atoms with E-state index >= 15 is 0 Å². The molecule has 11 heteroatoms. The lowest BCUT2D eigenvalue weighted by molar-refractivity contribution is -0.277. The third kappa shape index (κ3) is 4.79. The molecule has 11 nitrogen and oxygen atoms in total. The number of aliphatic hydroxyl groups is 4. The molecular formula is C27H34O11. The van der Waals surface area contributed by atoms with Gasteiger partial charge in [0.05, 0.1) is 56.1 Å². The summed E-state index contributed by atoms with van der Waals surface area (Å²) in [7, 11) is 4.61. The number of benzene rings is 2. The molecule has 0 spiro atoms. The first-order valence-corrected chi connectivity index (χ1v) is 12.3. The van der Waals surface area contributed by atoms with Crippen molar-refractivity contribution in [1.82, 2.24) is 0 Å². The Hall–Kier alpha value is -2.64. The van der Waals surface area contributed by atoms with E-state index in [-0.39, 0.29) is 35.5 Å². The largest absolute Gasteiger partial charge is 0.493 e. The maximum Gasteiger partial charge on any atom is 0.229 e. The number of fused-ring (bicyclic) bond motifs is 1. The molecule has 0 aromatic heterocycles. The Labute approximate surface area is 223 Å². The van der Waals surface area contributed by atoms with Crippen molar-refractivity contribution in [2.45, 2.75) is 42.9 Å². The summed E-state index contributed by atoms with van der Waals surface area (Å²) in [5, 5.41) is 40.3. The van der Waals surface area contributed by atoms with Crippen molar-refractivity contribution in [2.75, 3.05) is 41.1 Å². The number of methoxy groups -OCH3 is 3. The van der Waals surface area contributed by atoms with Crippen molar-refractivity contribution in [3.63, 3.8) is 0 Å². The third-order valence-corrected chi connectivity index (χ3v) is 7.46. The lowest BCUT2D eigenvalue weighted by Crippen LogP contribution is -2.60. The molecule has 0 aliphatic carbocycles. The molecular weight excluding hydrogens is 500 g/mol. The highest BCUT2D eigenvalue weighted by molar-refractivity contribution is 5.45. The zero-order chi connectivity index (χ0) is 28.8. The first-order chi connectivity index (χ1) is 19.1. The Balaban J connectivity index is 1.32. The van der Waals surface area contributed by atoms with E-state index in [0.717, 1.165) is 11.1 Å². The highest BCUT2D eigenvalue weighted by Gasteiger charge is 2.49. The van der Waals surface area contributed by atoms with Gasteiger partial charge < -0.3 is 53.6 Å². The van der Waals surface area contributed by atoms with Crippen LogP contribution >= 0.6 is 0 Å². The van der Waals surface area contributed by atoms with E-state index in [4.69, 9.17) is 35.9 Å². The zero-order valence-corrected chi connectivity index (χ0v) is 21.2. The molecule has 3 fully saturated rings. The van der Waals surface area contributed by atoms with Gasteiger partial charge in [-0.2, -0.15) is 0 Å². The summed E-state index contributed by atoms with van der Waals surface area (Å²) in [4.78, 5) is 0. The second-order valence-electron chi connectivity index (χ2n) is 9.50. The van der Waals surface area contributed by atoms with Crippen molar-refractivity contribution < 1.29 is 56.3 Å². The fourth-order valence-corrected chi connectivity index (χ4v) is 5.40. The van der Waals surface area contributed by atoms with Gasteiger partial charge in [0.25, 0.3) is 0 Å². The lowest BCUT2D eigenvalue weighted by Gasteiger charge is -2.39. The summed E-state index contributed by atoms with van der Waals surface area (Å²) in [5.74, 6) is 1.85. The molecule has 2 aromatic rings. The summed E-state index contributed by atoms with van der Waals surface area (Å²) in [6.45, 7) is -2.02. The molecule has 0 amide bonds. The summed E-state index contributed by atoms with van der Waals surface area (Å²) in [6, 6.07) is 10.8. The Morgan fingerprint density at radius 1 is 0.763 bits per heavy atom. The lowest BCUT2D eigenvalue weighted by atomic mass is 9.85. The molecule has 3 aliphatic rings. The average molecular weight is 537 g/mol. The van der Waals surface area contributed by atoms with Crippen LogP contribution in [0, 0.1) is 11.8 Å². The van der Waals surface area contributed by atoms with Gasteiger partial charge in [-0.1, -0.05) is 12.1 Å². The molecule has 3 heterocycles. The standard InChI is InChI=1S/C27H34O11/c1-32-17-6-4-13(8-19(17)33-2)25-15-11-36-26(16(15)12-35-25)14-5-7-18(20(9-14)34-3)37-27-24(31)23(30)22(29)21(10-28)38-27/h4-9,15-16,21-31H,10-12H2,1-3H3/t15?,16?,21-,22-,23+,24-,25?,26?,27-/m1/s1/i10D2. The summed E-state index contributed by atoms with van der Waals surface area (Å²) in [5.41, 5.74) is 1.79. The van der Waals surface area contributed by atoms with Gasteiger partial charge in [-0.3, -0.25) is 0 Å². The SMILES string of the molecule is [2H]C([2H])(O)[C@H]1O[C@@H](Oc2ccc(C3OCC4C(c5ccc(OC)c(OC)c5)OCC34)cc2OC)[C@H](O)[C@@H](O)[C@@H]1O. The minimum Gasteiger partial charge on any atom is -0.493 e. The summed E-state index contributed by atoms with van der Waals surface area (Å²) < 4.78 is 54.7. The van der Waals surface area contributed by atoms with Gasteiger partial charge in [0.2, 0.25) is 6.29 Å². The predicted octanol–water partition coefficient (Wildman–Crippen LogP) is 0.966. The number of rotatable bonds is 8. The quantitative estimate of drug-likeness (QED) is 0.383. The number of hydrogen-bond donors (Lipinski definition) is 4. The Bertz CT molecular complexity index is 1190.